The molecule has 1 unspecified atom stereocenters. The predicted octanol–water partition coefficient (Wildman–Crippen LogP) is 6.22. The van der Waals surface area contributed by atoms with Crippen LogP contribution in [-0.2, 0) is 50.0 Å². The molecule has 3 aromatic rings. The maximum absolute atomic E-state index is 13.7. The number of esters is 4. The number of fused-ring (bicyclic) bond motifs is 11. The van der Waals surface area contributed by atoms with E-state index in [2.05, 4.69) is 9.97 Å². The van der Waals surface area contributed by atoms with Crippen molar-refractivity contribution in [3.63, 3.8) is 0 Å². The molecule has 0 aromatic carbocycles. The van der Waals surface area contributed by atoms with Crippen LogP contribution in [0.4, 0.5) is 0 Å². The number of aromatic nitrogens is 4. The number of nitrogens with one attached hydrogen (secondary N) is 2. The minimum absolute atomic E-state index is 0.115. The summed E-state index contributed by atoms with van der Waals surface area (Å²) in [6, 6.07) is 7.54. The highest BCUT2D eigenvalue weighted by Crippen LogP contribution is 2.52. The smallest absolute Gasteiger partial charge is 0.334 e. The van der Waals surface area contributed by atoms with Crippen LogP contribution in [0.3, 0.4) is 0 Å². The summed E-state index contributed by atoms with van der Waals surface area (Å²) in [5, 5.41) is 11.1. The van der Waals surface area contributed by atoms with Crippen LogP contribution in [0, 0.1) is 19.8 Å². The van der Waals surface area contributed by atoms with Crippen LogP contribution in [0.25, 0.3) is 38.8 Å². The van der Waals surface area contributed by atoms with Crippen molar-refractivity contribution in [3.8, 4) is 0 Å². The normalized spacial score (nSPS) is 18.2. The number of aromatic amines is 2. The number of carbonyl (C=O) groups is 4. The zero-order valence-corrected chi connectivity index (χ0v) is 32.6. The largest absolute Gasteiger partial charge is 0.469 e. The maximum Gasteiger partial charge on any atom is 0.334 e. The number of rotatable bonds is 9. The van der Waals surface area contributed by atoms with Crippen molar-refractivity contribution in [2.45, 2.75) is 71.8 Å². The standard InChI is InChI=1S/C42H46N4O9/c1-20-24(11-14-36(48)52-6)31-18-32-25(12-15-37(49)53-7)21(2)30(44-32)19-35-42(5)27(13-10-26(40(50)54-8)39(42)41(51)55-9)33(46-35)16-29-22(3)38(23(4)47)34(45-29)17-28(20)43-31/h10,13,16-19,23,39,44-45,47H,11-12,14-15H2,1-9H3/t23?,39-,42-/m1/s1. The van der Waals surface area contributed by atoms with Gasteiger partial charge in [0.15, 0.2) is 0 Å². The third-order valence-corrected chi connectivity index (χ3v) is 11.1. The summed E-state index contributed by atoms with van der Waals surface area (Å²) in [7, 11) is 5.24. The topological polar surface area (TPSA) is 183 Å². The average Bonchev–Trinajstić information content (AvgIpc) is 3.82. The van der Waals surface area contributed by atoms with Crippen LogP contribution >= 0.6 is 0 Å². The van der Waals surface area contributed by atoms with E-state index in [1.165, 1.54) is 28.4 Å². The van der Waals surface area contributed by atoms with E-state index in [0.29, 0.717) is 68.8 Å². The van der Waals surface area contributed by atoms with Gasteiger partial charge in [-0.05, 0) is 105 Å². The fourth-order valence-corrected chi connectivity index (χ4v) is 8.06. The lowest BCUT2D eigenvalue weighted by Gasteiger charge is -2.36. The van der Waals surface area contributed by atoms with Crippen molar-refractivity contribution in [2.75, 3.05) is 28.4 Å². The van der Waals surface area contributed by atoms with E-state index in [9.17, 15) is 24.3 Å². The van der Waals surface area contributed by atoms with Crippen molar-refractivity contribution >= 4 is 62.7 Å². The Labute approximate surface area is 318 Å². The van der Waals surface area contributed by atoms with Gasteiger partial charge in [0.2, 0.25) is 0 Å². The maximum atomic E-state index is 13.7. The molecule has 55 heavy (non-hydrogen) atoms. The molecule has 3 aliphatic rings. The third kappa shape index (κ3) is 6.77. The van der Waals surface area contributed by atoms with E-state index in [1.807, 2.05) is 52.0 Å². The molecule has 3 atom stereocenters. The molecule has 0 spiro atoms. The highest BCUT2D eigenvalue weighted by atomic mass is 16.5. The minimum atomic E-state index is -1.19. The first-order valence-corrected chi connectivity index (χ1v) is 18.0. The number of hydrogen-bond donors (Lipinski definition) is 3. The van der Waals surface area contributed by atoms with E-state index in [1.54, 1.807) is 19.1 Å². The van der Waals surface area contributed by atoms with E-state index >= 15 is 0 Å². The van der Waals surface area contributed by atoms with Crippen molar-refractivity contribution in [3.05, 3.63) is 87.0 Å². The van der Waals surface area contributed by atoms with Crippen LogP contribution < -0.4 is 0 Å². The molecule has 0 amide bonds. The molecule has 1 aliphatic carbocycles. The molecular formula is C42H46N4O9. The van der Waals surface area contributed by atoms with Crippen LogP contribution in [0.5, 0.6) is 0 Å². The lowest BCUT2D eigenvalue weighted by molar-refractivity contribution is -0.149. The van der Waals surface area contributed by atoms with Gasteiger partial charge in [-0.2, -0.15) is 0 Å². The van der Waals surface area contributed by atoms with Crippen LogP contribution in [-0.4, -0.2) is 77.4 Å². The number of aliphatic hydroxyl groups excluding tert-OH is 1. The van der Waals surface area contributed by atoms with Gasteiger partial charge in [-0.25, -0.2) is 9.78 Å². The molecule has 2 aliphatic heterocycles. The Morgan fingerprint density at radius 2 is 1.38 bits per heavy atom. The molecule has 3 N–H and O–H groups in total. The molecule has 6 rings (SSSR count). The molecule has 0 fully saturated rings. The minimum Gasteiger partial charge on any atom is -0.469 e. The summed E-state index contributed by atoms with van der Waals surface area (Å²) in [5.74, 6) is -3.13. The number of hydrogen-bond acceptors (Lipinski definition) is 11. The molecule has 0 radical (unpaired) electrons. The van der Waals surface area contributed by atoms with E-state index in [0.717, 1.165) is 27.8 Å². The van der Waals surface area contributed by atoms with Gasteiger partial charge in [0.1, 0.15) is 5.92 Å². The average molecular weight is 751 g/mol. The predicted molar refractivity (Wildman–Crippen MR) is 206 cm³/mol. The van der Waals surface area contributed by atoms with Gasteiger partial charge in [-0.1, -0.05) is 12.2 Å². The number of aryl methyl sites for hydroxylation is 3. The molecule has 3 aromatic heterocycles. The second kappa shape index (κ2) is 15.1. The first-order chi connectivity index (χ1) is 26.2. The van der Waals surface area contributed by atoms with Gasteiger partial charge >= 0.3 is 23.9 Å². The Hall–Kier alpha value is -5.82. The summed E-state index contributed by atoms with van der Waals surface area (Å²) in [6.07, 6.45) is 3.47. The quantitative estimate of drug-likeness (QED) is 0.167. The van der Waals surface area contributed by atoms with Gasteiger partial charge in [0.25, 0.3) is 0 Å². The first kappa shape index (κ1) is 38.9. The SMILES string of the molecule is COC(=O)CCC1=C(C)c2cc3[nH]c(cc4nc(cc5[nH]c(cc1n2)c(CCC(=O)OC)c5C)[C@@]1(C)C4=CC=C(C(=O)OC)[C@@H]1C(=O)OC)c(C)c3C(C)O. The monoisotopic (exact) mass is 750 g/mol. The summed E-state index contributed by atoms with van der Waals surface area (Å²) in [4.78, 5) is 68.9. The zero-order chi connectivity index (χ0) is 39.9. The third-order valence-electron chi connectivity index (χ3n) is 11.1. The van der Waals surface area contributed by atoms with Gasteiger partial charge in [0, 0.05) is 40.5 Å². The van der Waals surface area contributed by atoms with Crippen molar-refractivity contribution in [1.29, 1.82) is 0 Å². The Morgan fingerprint density at radius 1 is 0.764 bits per heavy atom. The molecule has 5 heterocycles. The Balaban J connectivity index is 1.77. The summed E-state index contributed by atoms with van der Waals surface area (Å²) in [6.45, 7) is 9.36. The van der Waals surface area contributed by atoms with Crippen LogP contribution in [0.1, 0.15) is 91.2 Å². The molecule has 0 saturated carbocycles. The van der Waals surface area contributed by atoms with E-state index < -0.39 is 29.4 Å². The Kier molecular flexibility index (Phi) is 10.7. The molecule has 288 valence electrons. The highest BCUT2D eigenvalue weighted by Gasteiger charge is 2.53. The Morgan fingerprint density at radius 3 is 2.02 bits per heavy atom. The van der Waals surface area contributed by atoms with Crippen LogP contribution in [0.2, 0.25) is 0 Å². The van der Waals surface area contributed by atoms with Gasteiger partial charge in [0.05, 0.1) is 68.3 Å². The second-order valence-corrected chi connectivity index (χ2v) is 14.2. The summed E-state index contributed by atoms with van der Waals surface area (Å²) >= 11 is 0. The summed E-state index contributed by atoms with van der Waals surface area (Å²) in [5.41, 5.74) is 9.42. The number of carbonyl (C=O) groups excluding carboxylic acids is 4. The van der Waals surface area contributed by atoms with E-state index in [-0.39, 0.29) is 30.4 Å². The van der Waals surface area contributed by atoms with Gasteiger partial charge in [-0.3, -0.25) is 19.4 Å². The van der Waals surface area contributed by atoms with Gasteiger partial charge < -0.3 is 34.0 Å². The number of nitrogens with zero attached hydrogens (tertiary/aromatic N) is 2. The van der Waals surface area contributed by atoms with Crippen molar-refractivity contribution in [1.82, 2.24) is 19.9 Å². The Bertz CT molecular complexity index is 2390. The molecule has 0 saturated heterocycles. The fraction of sp³-hybridized carbons (Fsp3) is 0.381. The fourth-order valence-electron chi connectivity index (χ4n) is 8.06. The molecule has 13 nitrogen and oxygen atoms in total. The molecule has 8 bridgehead atoms. The van der Waals surface area contributed by atoms with Crippen molar-refractivity contribution in [2.24, 2.45) is 5.92 Å². The lowest BCUT2D eigenvalue weighted by atomic mass is 9.64. The van der Waals surface area contributed by atoms with Gasteiger partial charge in [-0.15, -0.1) is 0 Å². The molecule has 13 heteroatoms. The number of H-pyrrole nitrogens is 2. The molecular weight excluding hydrogens is 704 g/mol. The number of ether oxygens (including phenoxy) is 4. The lowest BCUT2D eigenvalue weighted by Crippen LogP contribution is -2.42. The summed E-state index contributed by atoms with van der Waals surface area (Å²) < 4.78 is 20.4. The number of aliphatic hydroxyl groups is 1. The number of methoxy groups -OCH3 is 4. The van der Waals surface area contributed by atoms with Crippen LogP contribution in [0.15, 0.2) is 42.0 Å². The van der Waals surface area contributed by atoms with Crippen molar-refractivity contribution < 1.29 is 43.2 Å². The first-order valence-electron chi connectivity index (χ1n) is 18.0. The van der Waals surface area contributed by atoms with E-state index in [4.69, 9.17) is 28.9 Å². The highest BCUT2D eigenvalue weighted by molar-refractivity contribution is 6.02. The number of allylic oxidation sites excluding steroid dienone is 5. The second-order valence-electron chi connectivity index (χ2n) is 14.2. The zero-order valence-electron chi connectivity index (χ0n) is 32.6.